The molecule has 4 rings (SSSR count). The van der Waals surface area contributed by atoms with Crippen LogP contribution in [0.1, 0.15) is 48.9 Å². The van der Waals surface area contributed by atoms with Gasteiger partial charge in [-0.15, -0.1) is 0 Å². The molecule has 5 nitrogen and oxygen atoms in total. The maximum absolute atomic E-state index is 13.7. The number of hydrogen-bond acceptors (Lipinski definition) is 4. The van der Waals surface area contributed by atoms with E-state index in [1.54, 1.807) is 0 Å². The first-order valence-corrected chi connectivity index (χ1v) is 11.6. The molecular weight excluding hydrogens is 398 g/mol. The summed E-state index contributed by atoms with van der Waals surface area (Å²) in [4.78, 5) is 33.3. The summed E-state index contributed by atoms with van der Waals surface area (Å²) < 4.78 is 0. The second-order valence-corrected chi connectivity index (χ2v) is 9.14. The minimum atomic E-state index is -0.233. The number of piperazine rings is 1. The lowest BCUT2D eigenvalue weighted by atomic mass is 9.99. The number of carbonyl (C=O) groups excluding carboxylic acids is 2. The van der Waals surface area contributed by atoms with Crippen molar-refractivity contribution in [3.05, 3.63) is 70.4 Å². The van der Waals surface area contributed by atoms with Gasteiger partial charge < -0.3 is 9.80 Å². The quantitative estimate of drug-likeness (QED) is 0.661. The van der Waals surface area contributed by atoms with Gasteiger partial charge in [-0.05, 0) is 60.7 Å². The molecule has 2 aliphatic heterocycles. The average Bonchev–Trinajstić information content (AvgIpc) is 3.05. The number of likely N-dealkylation sites (N-methyl/N-ethyl adjacent to an activating group) is 1. The molecule has 32 heavy (non-hydrogen) atoms. The molecule has 2 aliphatic rings. The maximum atomic E-state index is 13.7. The number of benzene rings is 2. The Morgan fingerprint density at radius 2 is 1.50 bits per heavy atom. The predicted octanol–water partition coefficient (Wildman–Crippen LogP) is 4.35. The molecule has 0 spiro atoms. The van der Waals surface area contributed by atoms with Crippen LogP contribution in [0.2, 0.25) is 0 Å². The predicted molar refractivity (Wildman–Crippen MR) is 130 cm³/mol. The van der Waals surface area contributed by atoms with E-state index in [-0.39, 0.29) is 11.8 Å². The van der Waals surface area contributed by atoms with Gasteiger partial charge in [0, 0.05) is 26.2 Å². The van der Waals surface area contributed by atoms with Crippen molar-refractivity contribution in [2.75, 3.05) is 37.6 Å². The van der Waals surface area contributed by atoms with Gasteiger partial charge in [0.2, 0.25) is 0 Å². The highest BCUT2D eigenvalue weighted by Crippen LogP contribution is 2.36. The van der Waals surface area contributed by atoms with Crippen molar-refractivity contribution in [1.82, 2.24) is 9.80 Å². The Kier molecular flexibility index (Phi) is 6.20. The zero-order chi connectivity index (χ0) is 23.0. The molecule has 1 saturated heterocycles. The van der Waals surface area contributed by atoms with E-state index in [2.05, 4.69) is 37.5 Å². The summed E-state index contributed by atoms with van der Waals surface area (Å²) in [5, 5.41) is 0. The van der Waals surface area contributed by atoms with Crippen molar-refractivity contribution in [3.8, 4) is 0 Å². The molecule has 0 bridgehead atoms. The first-order chi connectivity index (χ1) is 15.3. The Bertz CT molecular complexity index is 1060. The van der Waals surface area contributed by atoms with Gasteiger partial charge in [0.25, 0.3) is 11.8 Å². The standard InChI is InChI=1S/C27H33N3O2/c1-6-28-13-15-29(16-14-28)25-24(22-8-7-19(4)20(5)17-22)26(31)30(27(25)32)23-11-9-21(10-12-23)18(2)3/h7-12,17-18H,6,13-16H2,1-5H3. The fourth-order valence-electron chi connectivity index (χ4n) is 4.50. The monoisotopic (exact) mass is 431 g/mol. The molecule has 0 N–H and O–H groups in total. The molecule has 0 unspecified atom stereocenters. The first kappa shape index (κ1) is 22.3. The van der Waals surface area contributed by atoms with Crippen molar-refractivity contribution in [3.63, 3.8) is 0 Å². The topological polar surface area (TPSA) is 43.9 Å². The van der Waals surface area contributed by atoms with Crippen molar-refractivity contribution < 1.29 is 9.59 Å². The van der Waals surface area contributed by atoms with Crippen molar-refractivity contribution in [2.24, 2.45) is 0 Å². The molecule has 2 heterocycles. The van der Waals surface area contributed by atoms with Gasteiger partial charge >= 0.3 is 0 Å². The van der Waals surface area contributed by atoms with Gasteiger partial charge in [0.15, 0.2) is 0 Å². The van der Waals surface area contributed by atoms with Crippen LogP contribution in [0.3, 0.4) is 0 Å². The molecule has 1 fully saturated rings. The minimum absolute atomic E-state index is 0.217. The van der Waals surface area contributed by atoms with Crippen LogP contribution in [0.4, 0.5) is 5.69 Å². The molecule has 2 amide bonds. The van der Waals surface area contributed by atoms with E-state index in [1.807, 2.05) is 49.4 Å². The third-order valence-corrected chi connectivity index (χ3v) is 6.81. The summed E-state index contributed by atoms with van der Waals surface area (Å²) in [5.41, 5.74) is 5.99. The summed E-state index contributed by atoms with van der Waals surface area (Å²) in [6.07, 6.45) is 0. The van der Waals surface area contributed by atoms with Crippen LogP contribution >= 0.6 is 0 Å². The fraction of sp³-hybridized carbons (Fsp3) is 0.407. The van der Waals surface area contributed by atoms with E-state index < -0.39 is 0 Å². The number of amides is 2. The molecule has 2 aromatic rings. The van der Waals surface area contributed by atoms with Gasteiger partial charge in [-0.2, -0.15) is 0 Å². The second kappa shape index (κ2) is 8.91. The number of anilines is 1. The molecular formula is C27H33N3O2. The Labute approximate surface area is 191 Å². The average molecular weight is 432 g/mol. The molecule has 5 heteroatoms. The summed E-state index contributed by atoms with van der Waals surface area (Å²) in [6.45, 7) is 14.8. The number of carbonyl (C=O) groups is 2. The van der Waals surface area contributed by atoms with Crippen LogP contribution in [0.25, 0.3) is 5.57 Å². The van der Waals surface area contributed by atoms with Gasteiger partial charge in [0.1, 0.15) is 5.70 Å². The van der Waals surface area contributed by atoms with Crippen molar-refractivity contribution >= 4 is 23.1 Å². The number of hydrogen-bond donors (Lipinski definition) is 0. The zero-order valence-corrected chi connectivity index (χ0v) is 19.8. The lowest BCUT2D eigenvalue weighted by Crippen LogP contribution is -2.47. The third kappa shape index (κ3) is 3.97. The second-order valence-electron chi connectivity index (χ2n) is 9.14. The number of imide groups is 1. The SMILES string of the molecule is CCN1CCN(C2=C(c3ccc(C)c(C)c3)C(=O)N(c3ccc(C(C)C)cc3)C2=O)CC1. The van der Waals surface area contributed by atoms with Crippen molar-refractivity contribution in [1.29, 1.82) is 0 Å². The molecule has 0 aromatic heterocycles. The van der Waals surface area contributed by atoms with Gasteiger partial charge in [-0.1, -0.05) is 51.1 Å². The highest BCUT2D eigenvalue weighted by atomic mass is 16.2. The van der Waals surface area contributed by atoms with E-state index in [1.165, 1.54) is 16.0 Å². The zero-order valence-electron chi connectivity index (χ0n) is 19.8. The fourth-order valence-corrected chi connectivity index (χ4v) is 4.50. The lowest BCUT2D eigenvalue weighted by Gasteiger charge is -2.36. The lowest BCUT2D eigenvalue weighted by molar-refractivity contribution is -0.120. The molecule has 0 atom stereocenters. The Morgan fingerprint density at radius 3 is 2.06 bits per heavy atom. The van der Waals surface area contributed by atoms with Crippen LogP contribution in [-0.2, 0) is 9.59 Å². The summed E-state index contributed by atoms with van der Waals surface area (Å²) in [7, 11) is 0. The van der Waals surface area contributed by atoms with Crippen LogP contribution < -0.4 is 4.90 Å². The smallest absolute Gasteiger partial charge is 0.282 e. The van der Waals surface area contributed by atoms with Gasteiger partial charge in [-0.3, -0.25) is 9.59 Å². The van der Waals surface area contributed by atoms with Crippen LogP contribution in [0, 0.1) is 13.8 Å². The van der Waals surface area contributed by atoms with Crippen molar-refractivity contribution in [2.45, 2.75) is 40.5 Å². The maximum Gasteiger partial charge on any atom is 0.282 e. The van der Waals surface area contributed by atoms with Gasteiger partial charge in [-0.25, -0.2) is 4.90 Å². The third-order valence-electron chi connectivity index (χ3n) is 6.81. The molecule has 0 saturated carbocycles. The summed E-state index contributed by atoms with van der Waals surface area (Å²) in [5.74, 6) is -0.0578. The highest BCUT2D eigenvalue weighted by molar-refractivity contribution is 6.45. The first-order valence-electron chi connectivity index (χ1n) is 11.6. The summed E-state index contributed by atoms with van der Waals surface area (Å²) in [6, 6.07) is 13.8. The molecule has 2 aromatic carbocycles. The van der Waals surface area contributed by atoms with E-state index in [9.17, 15) is 9.59 Å². The van der Waals surface area contributed by atoms with E-state index >= 15 is 0 Å². The highest BCUT2D eigenvalue weighted by Gasteiger charge is 2.43. The molecule has 0 radical (unpaired) electrons. The van der Waals surface area contributed by atoms with E-state index in [0.717, 1.165) is 43.9 Å². The normalized spacial score (nSPS) is 17.8. The Hall–Kier alpha value is -2.92. The van der Waals surface area contributed by atoms with Crippen LogP contribution in [0.15, 0.2) is 48.2 Å². The number of nitrogens with zero attached hydrogens (tertiary/aromatic N) is 3. The van der Waals surface area contributed by atoms with Crippen LogP contribution in [-0.4, -0.2) is 54.3 Å². The van der Waals surface area contributed by atoms with Crippen LogP contribution in [0.5, 0.6) is 0 Å². The van der Waals surface area contributed by atoms with Gasteiger partial charge in [0.05, 0.1) is 11.3 Å². The summed E-state index contributed by atoms with van der Waals surface area (Å²) >= 11 is 0. The minimum Gasteiger partial charge on any atom is -0.364 e. The molecule has 0 aliphatic carbocycles. The van der Waals surface area contributed by atoms with E-state index in [4.69, 9.17) is 0 Å². The number of rotatable bonds is 5. The van der Waals surface area contributed by atoms with E-state index in [0.29, 0.717) is 22.9 Å². The molecule has 168 valence electrons. The number of aryl methyl sites for hydroxylation is 2. The Morgan fingerprint density at radius 1 is 0.844 bits per heavy atom. The largest absolute Gasteiger partial charge is 0.364 e. The Balaban J connectivity index is 1.77.